The molecule has 0 radical (unpaired) electrons. The highest BCUT2D eigenvalue weighted by Crippen LogP contribution is 2.37. The third-order valence-corrected chi connectivity index (χ3v) is 3.13. The van der Waals surface area contributed by atoms with Crippen LogP contribution in [0.4, 0.5) is 0 Å². The maximum atomic E-state index is 12.0. The summed E-state index contributed by atoms with van der Waals surface area (Å²) in [6, 6.07) is 2.35. The number of hydrogen-bond acceptors (Lipinski definition) is 2. The van der Waals surface area contributed by atoms with Crippen molar-refractivity contribution in [2.24, 2.45) is 5.73 Å². The van der Waals surface area contributed by atoms with Crippen LogP contribution in [0.15, 0.2) is 16.7 Å². The van der Waals surface area contributed by atoms with E-state index in [9.17, 15) is 4.79 Å². The Balaban J connectivity index is 2.08. The molecular formula is C12H18BrN3O. The van der Waals surface area contributed by atoms with Crippen molar-refractivity contribution in [2.75, 3.05) is 6.54 Å². The first-order chi connectivity index (χ1) is 7.87. The smallest absolute Gasteiger partial charge is 0.268 e. The van der Waals surface area contributed by atoms with Crippen molar-refractivity contribution in [1.29, 1.82) is 0 Å². The zero-order valence-corrected chi connectivity index (χ0v) is 11.8. The van der Waals surface area contributed by atoms with E-state index >= 15 is 0 Å². The van der Waals surface area contributed by atoms with Gasteiger partial charge < -0.3 is 15.6 Å². The lowest BCUT2D eigenvalue weighted by Gasteiger charge is -2.19. The Hall–Kier alpha value is -0.810. The van der Waals surface area contributed by atoms with Gasteiger partial charge in [0, 0.05) is 28.8 Å². The van der Waals surface area contributed by atoms with E-state index in [2.05, 4.69) is 21.2 Å². The standard InChI is InChI=1S/C12H18BrN3O/c1-12(2,14)7-15-11(17)10-5-8(13)6-16(10)9-3-4-9/h5-6,9H,3-4,7,14H2,1-2H3,(H,15,17). The molecule has 94 valence electrons. The first-order valence-corrected chi connectivity index (χ1v) is 6.60. The molecule has 3 N–H and O–H groups in total. The third kappa shape index (κ3) is 3.33. The van der Waals surface area contributed by atoms with Crippen LogP contribution in [0.2, 0.25) is 0 Å². The molecule has 2 rings (SSSR count). The molecule has 1 amide bonds. The summed E-state index contributed by atoms with van der Waals surface area (Å²) in [5.74, 6) is -0.0545. The van der Waals surface area contributed by atoms with Crippen molar-refractivity contribution in [2.45, 2.75) is 38.3 Å². The third-order valence-electron chi connectivity index (χ3n) is 2.69. The summed E-state index contributed by atoms with van der Waals surface area (Å²) in [5.41, 5.74) is 6.17. The zero-order valence-electron chi connectivity index (χ0n) is 10.2. The molecule has 0 bridgehead atoms. The highest BCUT2D eigenvalue weighted by molar-refractivity contribution is 9.10. The van der Waals surface area contributed by atoms with Gasteiger partial charge >= 0.3 is 0 Å². The van der Waals surface area contributed by atoms with Crippen LogP contribution in [-0.4, -0.2) is 22.6 Å². The largest absolute Gasteiger partial charge is 0.349 e. The van der Waals surface area contributed by atoms with Gasteiger partial charge in [0.25, 0.3) is 5.91 Å². The average Bonchev–Trinajstić information content (AvgIpc) is 2.97. The molecule has 17 heavy (non-hydrogen) atoms. The highest BCUT2D eigenvalue weighted by Gasteiger charge is 2.28. The molecule has 0 unspecified atom stereocenters. The lowest BCUT2D eigenvalue weighted by Crippen LogP contribution is -2.45. The molecule has 0 saturated heterocycles. The predicted molar refractivity (Wildman–Crippen MR) is 71.0 cm³/mol. The number of rotatable bonds is 4. The summed E-state index contributed by atoms with van der Waals surface area (Å²) in [6.07, 6.45) is 4.29. The average molecular weight is 300 g/mol. The molecule has 0 aromatic carbocycles. The van der Waals surface area contributed by atoms with E-state index in [1.165, 1.54) is 0 Å². The molecule has 1 saturated carbocycles. The van der Waals surface area contributed by atoms with Crippen molar-refractivity contribution in [3.8, 4) is 0 Å². The number of carbonyl (C=O) groups is 1. The van der Waals surface area contributed by atoms with Crippen LogP contribution in [0, 0.1) is 0 Å². The quantitative estimate of drug-likeness (QED) is 0.894. The Bertz CT molecular complexity index is 429. The molecule has 1 aliphatic rings. The van der Waals surface area contributed by atoms with Gasteiger partial charge in [0.15, 0.2) is 0 Å². The minimum Gasteiger partial charge on any atom is -0.349 e. The molecule has 5 heteroatoms. The van der Waals surface area contributed by atoms with Gasteiger partial charge in [-0.15, -0.1) is 0 Å². The van der Waals surface area contributed by atoms with Crippen molar-refractivity contribution in [3.63, 3.8) is 0 Å². The fourth-order valence-corrected chi connectivity index (χ4v) is 2.12. The van der Waals surface area contributed by atoms with Crippen LogP contribution in [0.25, 0.3) is 0 Å². The maximum absolute atomic E-state index is 12.0. The maximum Gasteiger partial charge on any atom is 0.268 e. The van der Waals surface area contributed by atoms with Gasteiger partial charge in [-0.2, -0.15) is 0 Å². The van der Waals surface area contributed by atoms with Crippen LogP contribution >= 0.6 is 15.9 Å². The number of carbonyl (C=O) groups excluding carboxylic acids is 1. The number of amides is 1. The lowest BCUT2D eigenvalue weighted by molar-refractivity contribution is 0.0936. The van der Waals surface area contributed by atoms with Crippen molar-refractivity contribution in [1.82, 2.24) is 9.88 Å². The van der Waals surface area contributed by atoms with E-state index in [4.69, 9.17) is 5.73 Å². The van der Waals surface area contributed by atoms with Crippen LogP contribution in [0.5, 0.6) is 0 Å². The molecule has 1 aliphatic carbocycles. The molecule has 1 aromatic rings. The minimum atomic E-state index is -0.385. The Kier molecular flexibility index (Phi) is 3.32. The number of nitrogens with one attached hydrogen (secondary N) is 1. The minimum absolute atomic E-state index is 0.0545. The van der Waals surface area contributed by atoms with E-state index in [0.29, 0.717) is 18.3 Å². The topological polar surface area (TPSA) is 60.0 Å². The van der Waals surface area contributed by atoms with Crippen LogP contribution in [0.1, 0.15) is 43.2 Å². The van der Waals surface area contributed by atoms with E-state index in [1.807, 2.05) is 30.7 Å². The van der Waals surface area contributed by atoms with Crippen molar-refractivity contribution >= 4 is 21.8 Å². The zero-order chi connectivity index (χ0) is 12.6. The van der Waals surface area contributed by atoms with Gasteiger partial charge in [0.1, 0.15) is 5.69 Å². The number of hydrogen-bond donors (Lipinski definition) is 2. The van der Waals surface area contributed by atoms with E-state index in [0.717, 1.165) is 17.3 Å². The first-order valence-electron chi connectivity index (χ1n) is 5.81. The molecule has 0 spiro atoms. The second-order valence-corrected chi connectivity index (χ2v) is 6.27. The lowest BCUT2D eigenvalue weighted by atomic mass is 10.1. The molecule has 0 atom stereocenters. The number of halogens is 1. The van der Waals surface area contributed by atoms with Gasteiger partial charge in [-0.25, -0.2) is 0 Å². The van der Waals surface area contributed by atoms with E-state index < -0.39 is 0 Å². The van der Waals surface area contributed by atoms with Crippen LogP contribution < -0.4 is 11.1 Å². The van der Waals surface area contributed by atoms with Crippen molar-refractivity contribution in [3.05, 3.63) is 22.4 Å². The number of aromatic nitrogens is 1. The second kappa shape index (κ2) is 4.46. The summed E-state index contributed by atoms with van der Waals surface area (Å²) in [6.45, 7) is 4.26. The van der Waals surface area contributed by atoms with E-state index in [-0.39, 0.29) is 11.4 Å². The molecular weight excluding hydrogens is 282 g/mol. The summed E-state index contributed by atoms with van der Waals surface area (Å²) in [4.78, 5) is 12.0. The monoisotopic (exact) mass is 299 g/mol. The fraction of sp³-hybridized carbons (Fsp3) is 0.583. The normalized spacial score (nSPS) is 16.0. The Labute approximate surface area is 110 Å². The van der Waals surface area contributed by atoms with Crippen LogP contribution in [-0.2, 0) is 0 Å². The predicted octanol–water partition coefficient (Wildman–Crippen LogP) is 2.05. The molecule has 1 heterocycles. The molecule has 1 fully saturated rings. The van der Waals surface area contributed by atoms with E-state index in [1.54, 1.807) is 0 Å². The fourth-order valence-electron chi connectivity index (χ4n) is 1.68. The molecule has 4 nitrogen and oxygen atoms in total. The van der Waals surface area contributed by atoms with Gasteiger partial charge in [-0.3, -0.25) is 4.79 Å². The van der Waals surface area contributed by atoms with Crippen LogP contribution in [0.3, 0.4) is 0 Å². The van der Waals surface area contributed by atoms with Gasteiger partial charge in [0.2, 0.25) is 0 Å². The van der Waals surface area contributed by atoms with Gasteiger partial charge in [-0.05, 0) is 48.7 Å². The Morgan fingerprint density at radius 3 is 2.82 bits per heavy atom. The van der Waals surface area contributed by atoms with Gasteiger partial charge in [-0.1, -0.05) is 0 Å². The van der Waals surface area contributed by atoms with Gasteiger partial charge in [0.05, 0.1) is 0 Å². The van der Waals surface area contributed by atoms with Crippen molar-refractivity contribution < 1.29 is 4.79 Å². The number of nitrogens with two attached hydrogens (primary N) is 1. The molecule has 1 aromatic heterocycles. The Morgan fingerprint density at radius 1 is 1.65 bits per heavy atom. The summed E-state index contributed by atoms with van der Waals surface area (Å²) in [7, 11) is 0. The summed E-state index contributed by atoms with van der Waals surface area (Å²) < 4.78 is 2.99. The first kappa shape index (κ1) is 12.6. The number of nitrogens with zero attached hydrogens (tertiary/aromatic N) is 1. The SMILES string of the molecule is CC(C)(N)CNC(=O)c1cc(Br)cn1C1CC1. The molecule has 0 aliphatic heterocycles. The second-order valence-electron chi connectivity index (χ2n) is 5.35. The highest BCUT2D eigenvalue weighted by atomic mass is 79.9. The Morgan fingerprint density at radius 2 is 2.29 bits per heavy atom. The summed E-state index contributed by atoms with van der Waals surface area (Å²) >= 11 is 3.41. The summed E-state index contributed by atoms with van der Waals surface area (Å²) in [5, 5.41) is 2.87.